The molecule has 1 amide bonds. The first-order valence-electron chi connectivity index (χ1n) is 9.75. The molecule has 4 rings (SSSR count). The van der Waals surface area contributed by atoms with Gasteiger partial charge in [0.25, 0.3) is 5.91 Å². The number of carbonyl (C=O) groups excluding carboxylic acids is 1. The van der Waals surface area contributed by atoms with Crippen molar-refractivity contribution in [2.45, 2.75) is 16.5 Å². The van der Waals surface area contributed by atoms with Gasteiger partial charge in [-0.25, -0.2) is 13.4 Å². The van der Waals surface area contributed by atoms with E-state index >= 15 is 0 Å². The Morgan fingerprint density at radius 1 is 0.938 bits per heavy atom. The third kappa shape index (κ3) is 4.40. The smallest absolute Gasteiger partial charge is 0.295 e. The van der Waals surface area contributed by atoms with Gasteiger partial charge in [-0.15, -0.1) is 0 Å². The highest BCUT2D eigenvalue weighted by Gasteiger charge is 2.27. The van der Waals surface area contributed by atoms with E-state index in [4.69, 9.17) is 9.15 Å². The van der Waals surface area contributed by atoms with Gasteiger partial charge >= 0.3 is 0 Å². The molecule has 0 aliphatic heterocycles. The zero-order valence-corrected chi connectivity index (χ0v) is 18.0. The summed E-state index contributed by atoms with van der Waals surface area (Å²) in [5, 5.41) is -0.294. The van der Waals surface area contributed by atoms with Crippen LogP contribution >= 0.6 is 0 Å². The van der Waals surface area contributed by atoms with E-state index in [1.165, 1.54) is 29.2 Å². The van der Waals surface area contributed by atoms with Crippen LogP contribution in [0.5, 0.6) is 5.75 Å². The molecule has 162 valence electrons. The fraction of sp³-hybridized carbons (Fsp3) is 0.0833. The van der Waals surface area contributed by atoms with Crippen molar-refractivity contribution in [3.63, 3.8) is 0 Å². The topological polar surface area (TPSA) is 89.7 Å². The van der Waals surface area contributed by atoms with Crippen molar-refractivity contribution in [1.82, 2.24) is 4.98 Å². The zero-order chi connectivity index (χ0) is 22.6. The lowest BCUT2D eigenvalue weighted by atomic mass is 10.2. The van der Waals surface area contributed by atoms with Crippen molar-refractivity contribution in [1.29, 1.82) is 0 Å². The van der Waals surface area contributed by atoms with Crippen LogP contribution in [0.2, 0.25) is 0 Å². The van der Waals surface area contributed by atoms with Crippen LogP contribution in [0.1, 0.15) is 16.1 Å². The molecule has 4 aromatic rings. The number of methoxy groups -OCH3 is 1. The minimum Gasteiger partial charge on any atom is -0.497 e. The molecule has 0 spiro atoms. The summed E-state index contributed by atoms with van der Waals surface area (Å²) < 4.78 is 36.3. The minimum atomic E-state index is -3.88. The standard InChI is InChI=1S/C24H20N2O5S/c1-30-19-12-10-18(11-13-19)17-26(22-9-5-6-16-25-22)24(27)21-14-15-23(31-21)32(28,29)20-7-3-2-4-8-20/h2-16H,17H2,1H3. The Bertz CT molecular complexity index is 1300. The van der Waals surface area contributed by atoms with Gasteiger partial charge in [0.1, 0.15) is 11.6 Å². The third-order valence-corrected chi connectivity index (χ3v) is 6.42. The second kappa shape index (κ2) is 9.07. The van der Waals surface area contributed by atoms with Crippen LogP contribution in [0.15, 0.2) is 106 Å². The zero-order valence-electron chi connectivity index (χ0n) is 17.2. The molecule has 0 atom stereocenters. The van der Waals surface area contributed by atoms with Crippen molar-refractivity contribution in [3.8, 4) is 5.75 Å². The molecule has 2 aromatic carbocycles. The molecule has 32 heavy (non-hydrogen) atoms. The molecule has 2 heterocycles. The first kappa shape index (κ1) is 21.3. The molecule has 2 aromatic heterocycles. The van der Waals surface area contributed by atoms with E-state index in [0.717, 1.165) is 5.56 Å². The summed E-state index contributed by atoms with van der Waals surface area (Å²) in [5.41, 5.74) is 0.841. The van der Waals surface area contributed by atoms with Crippen LogP contribution in [0.4, 0.5) is 5.82 Å². The van der Waals surface area contributed by atoms with Gasteiger partial charge in [-0.2, -0.15) is 0 Å². The lowest BCUT2D eigenvalue weighted by Crippen LogP contribution is -2.30. The van der Waals surface area contributed by atoms with Crippen LogP contribution in [0.3, 0.4) is 0 Å². The molecule has 7 nitrogen and oxygen atoms in total. The van der Waals surface area contributed by atoms with Crippen LogP contribution < -0.4 is 9.64 Å². The number of sulfone groups is 1. The number of furan rings is 1. The van der Waals surface area contributed by atoms with E-state index in [1.54, 1.807) is 61.8 Å². The Morgan fingerprint density at radius 2 is 1.66 bits per heavy atom. The number of pyridine rings is 1. The molecule has 0 unspecified atom stereocenters. The fourth-order valence-corrected chi connectivity index (χ4v) is 4.31. The predicted octanol–water partition coefficient (Wildman–Crippen LogP) is 4.36. The number of carbonyl (C=O) groups is 1. The third-order valence-electron chi connectivity index (χ3n) is 4.78. The highest BCUT2D eigenvalue weighted by Crippen LogP contribution is 2.25. The number of anilines is 1. The van der Waals surface area contributed by atoms with Crippen molar-refractivity contribution < 1.29 is 22.4 Å². The number of benzene rings is 2. The Balaban J connectivity index is 1.66. The molecule has 0 aliphatic carbocycles. The van der Waals surface area contributed by atoms with E-state index in [-0.39, 0.29) is 22.3 Å². The molecule has 0 radical (unpaired) electrons. The second-order valence-corrected chi connectivity index (χ2v) is 8.74. The SMILES string of the molecule is COc1ccc(CN(C(=O)c2ccc(S(=O)(=O)c3ccccc3)o2)c2ccccn2)cc1. The Morgan fingerprint density at radius 3 is 2.31 bits per heavy atom. The second-order valence-electron chi connectivity index (χ2n) is 6.86. The maximum Gasteiger partial charge on any atom is 0.295 e. The number of rotatable bonds is 7. The number of ether oxygens (including phenoxy) is 1. The number of hydrogen-bond acceptors (Lipinski definition) is 6. The molecule has 0 N–H and O–H groups in total. The molecular weight excluding hydrogens is 428 g/mol. The van der Waals surface area contributed by atoms with E-state index in [0.29, 0.717) is 11.6 Å². The summed E-state index contributed by atoms with van der Waals surface area (Å²) in [5.74, 6) is 0.510. The lowest BCUT2D eigenvalue weighted by Gasteiger charge is -2.21. The highest BCUT2D eigenvalue weighted by molar-refractivity contribution is 7.91. The number of hydrogen-bond donors (Lipinski definition) is 0. The van der Waals surface area contributed by atoms with Gasteiger partial charge in [-0.1, -0.05) is 36.4 Å². The number of amides is 1. The Kier molecular flexibility index (Phi) is 6.04. The molecule has 0 saturated heterocycles. The van der Waals surface area contributed by atoms with Gasteiger partial charge in [-0.3, -0.25) is 9.69 Å². The average Bonchev–Trinajstić information content (AvgIpc) is 3.35. The van der Waals surface area contributed by atoms with Crippen molar-refractivity contribution in [3.05, 3.63) is 102 Å². The Hall–Kier alpha value is -3.91. The molecule has 0 saturated carbocycles. The fourth-order valence-electron chi connectivity index (χ4n) is 3.11. The van der Waals surface area contributed by atoms with Crippen LogP contribution in [0, 0.1) is 0 Å². The normalized spacial score (nSPS) is 11.2. The van der Waals surface area contributed by atoms with Gasteiger partial charge in [0.05, 0.1) is 18.6 Å². The molecule has 0 bridgehead atoms. The summed E-state index contributed by atoms with van der Waals surface area (Å²) in [6.45, 7) is 0.210. The van der Waals surface area contributed by atoms with E-state index in [9.17, 15) is 13.2 Å². The quantitative estimate of drug-likeness (QED) is 0.417. The van der Waals surface area contributed by atoms with Crippen LogP contribution in [-0.4, -0.2) is 26.4 Å². The van der Waals surface area contributed by atoms with E-state index in [2.05, 4.69) is 4.98 Å². The van der Waals surface area contributed by atoms with Crippen LogP contribution in [0.25, 0.3) is 0 Å². The monoisotopic (exact) mass is 448 g/mol. The van der Waals surface area contributed by atoms with E-state index < -0.39 is 15.7 Å². The number of nitrogens with zero attached hydrogens (tertiary/aromatic N) is 2. The first-order chi connectivity index (χ1) is 15.5. The lowest BCUT2D eigenvalue weighted by molar-refractivity contribution is 0.0952. The Labute approximate surface area is 185 Å². The summed E-state index contributed by atoms with van der Waals surface area (Å²) in [7, 11) is -2.30. The summed E-state index contributed by atoms with van der Waals surface area (Å²) >= 11 is 0. The first-order valence-corrected chi connectivity index (χ1v) is 11.2. The maximum atomic E-state index is 13.3. The highest BCUT2D eigenvalue weighted by atomic mass is 32.2. The van der Waals surface area contributed by atoms with E-state index in [1.807, 2.05) is 12.1 Å². The molecule has 0 aliphatic rings. The van der Waals surface area contributed by atoms with Gasteiger partial charge in [0.15, 0.2) is 5.76 Å². The average molecular weight is 449 g/mol. The van der Waals surface area contributed by atoms with Crippen LogP contribution in [-0.2, 0) is 16.4 Å². The number of aromatic nitrogens is 1. The van der Waals surface area contributed by atoms with Crippen molar-refractivity contribution >= 4 is 21.6 Å². The van der Waals surface area contributed by atoms with Gasteiger partial charge in [0.2, 0.25) is 14.9 Å². The van der Waals surface area contributed by atoms with Gasteiger partial charge in [-0.05, 0) is 54.1 Å². The molecule has 8 heteroatoms. The molecule has 0 fully saturated rings. The maximum absolute atomic E-state index is 13.3. The summed E-state index contributed by atoms with van der Waals surface area (Å²) in [6.07, 6.45) is 1.58. The van der Waals surface area contributed by atoms with Crippen molar-refractivity contribution in [2.24, 2.45) is 0 Å². The minimum absolute atomic E-state index is 0.0909. The summed E-state index contributed by atoms with van der Waals surface area (Å²) in [4.78, 5) is 19.1. The summed E-state index contributed by atoms with van der Waals surface area (Å²) in [6, 6.07) is 23.1. The van der Waals surface area contributed by atoms with Gasteiger partial charge < -0.3 is 9.15 Å². The predicted molar refractivity (Wildman–Crippen MR) is 118 cm³/mol. The largest absolute Gasteiger partial charge is 0.497 e. The van der Waals surface area contributed by atoms with Gasteiger partial charge in [0, 0.05) is 6.20 Å². The molecular formula is C24H20N2O5S. The van der Waals surface area contributed by atoms with Crippen molar-refractivity contribution in [2.75, 3.05) is 12.0 Å².